The lowest BCUT2D eigenvalue weighted by Gasteiger charge is -2.29. The second-order valence-electron chi connectivity index (χ2n) is 29.1. The Morgan fingerprint density at radius 1 is 0.558 bits per heavy atom. The number of amides is 16. The van der Waals surface area contributed by atoms with Crippen molar-refractivity contribution in [2.75, 3.05) is 18.9 Å². The molecule has 43 nitrogen and oxygen atoms in total. The quantitative estimate of drug-likeness (QED) is 0.0235. The smallest absolute Gasteiger partial charge is 0.305 e. The summed E-state index contributed by atoms with van der Waals surface area (Å²) in [7, 11) is 0. The highest BCUT2D eigenvalue weighted by molar-refractivity contribution is 8.15. The Morgan fingerprint density at radius 2 is 1.08 bits per heavy atom. The van der Waals surface area contributed by atoms with E-state index in [-0.39, 0.29) is 63.0 Å². The van der Waals surface area contributed by atoms with Crippen molar-refractivity contribution < 1.29 is 117 Å². The third-order valence-corrected chi connectivity index (χ3v) is 21.4. The maximum Gasteiger partial charge on any atom is 0.305 e. The van der Waals surface area contributed by atoms with Gasteiger partial charge >= 0.3 is 17.9 Å². The number of carboxylic acid groups (broad SMARTS) is 3. The summed E-state index contributed by atoms with van der Waals surface area (Å²) in [4.78, 5) is 262. The Kier molecular flexibility index (Phi) is 38.8. The Bertz CT molecular complexity index is 4360. The number of carbonyl (C=O) groups excluding carboxylic acids is 16. The van der Waals surface area contributed by atoms with Crippen LogP contribution in [0.25, 0.3) is 0 Å². The summed E-state index contributed by atoms with van der Waals surface area (Å²) in [6, 6.07) is -14.0. The monoisotopic (exact) mass is 1740 g/mol. The van der Waals surface area contributed by atoms with Gasteiger partial charge in [-0.15, -0.1) is 34.4 Å². The number of rotatable bonds is 42. The molecule has 0 saturated heterocycles. The lowest BCUT2D eigenvalue weighted by Crippen LogP contribution is -2.61. The van der Waals surface area contributed by atoms with Crippen LogP contribution in [-0.2, 0) is 110 Å². The summed E-state index contributed by atoms with van der Waals surface area (Å²) in [5.41, 5.74) is 17.9. The van der Waals surface area contributed by atoms with Crippen LogP contribution in [0.15, 0.2) is 52.2 Å². The SMILES string of the molecule is CC(C)C[C@H](NC(=O)[C@H](CC(=O)O)NC(=O)[C@H](CCCCN)NC(=O)[C@@H](NC(=O)[C@H](C)NC(=O)[C@H](C)NC(=O)[C@@H]1Cc2csc(c2)C2=N[C@@H](CS2)C(=O)N[C@@H](CC(=O)O)C(=O)N[C@@H](CO)C(=O)N[C@@H](Cc2ccc(O)cc2)C(=O)N1)C(C)C)C(=O)N[C@@H](CCC(=O)O)C(=O)N[C@@H](CC(N)=O)C(=O)N[C@@H](C)C(=O)N[C@@H](Cc1csc(C#N)c1)C(N)=O. The van der Waals surface area contributed by atoms with E-state index >= 15 is 0 Å². The molecule has 2 aromatic heterocycles. The molecule has 654 valence electrons. The highest BCUT2D eigenvalue weighted by atomic mass is 32.2. The number of thioether (sulfide) groups is 1. The van der Waals surface area contributed by atoms with Gasteiger partial charge < -0.3 is 117 Å². The summed E-state index contributed by atoms with van der Waals surface area (Å²) in [6.07, 6.45) is -5.39. The normalized spacial score (nSPS) is 18.7. The fourth-order valence-corrected chi connectivity index (χ4v) is 14.6. The van der Waals surface area contributed by atoms with Gasteiger partial charge in [-0.3, -0.25) is 96.1 Å². The van der Waals surface area contributed by atoms with Gasteiger partial charge in [0.1, 0.15) is 112 Å². The molecule has 4 heterocycles. The first-order valence-electron chi connectivity index (χ1n) is 37.8. The van der Waals surface area contributed by atoms with E-state index in [1.165, 1.54) is 65.0 Å². The highest BCUT2D eigenvalue weighted by Gasteiger charge is 2.40. The molecule has 0 aliphatic carbocycles. The number of nitrogens with zero attached hydrogens (tertiary/aromatic N) is 2. The number of unbranched alkanes of at least 4 members (excludes halogenated alkanes) is 1. The van der Waals surface area contributed by atoms with E-state index in [4.69, 9.17) is 17.2 Å². The minimum atomic E-state index is -2.03. The maximum atomic E-state index is 14.6. The van der Waals surface area contributed by atoms with Gasteiger partial charge in [-0.2, -0.15) is 5.26 Å². The van der Waals surface area contributed by atoms with E-state index in [0.717, 1.165) is 34.4 Å². The van der Waals surface area contributed by atoms with Gasteiger partial charge in [-0.25, -0.2) is 0 Å². The van der Waals surface area contributed by atoms with E-state index in [1.807, 2.05) is 6.07 Å². The molecule has 0 fully saturated rings. The van der Waals surface area contributed by atoms with Crippen LogP contribution in [0.1, 0.15) is 133 Å². The number of primary amides is 2. The lowest BCUT2D eigenvalue weighted by molar-refractivity contribution is -0.142. The molecular weight excluding hydrogens is 1640 g/mol. The molecule has 25 N–H and O–H groups in total. The Hall–Kier alpha value is -12.2. The molecule has 46 heteroatoms. The molecule has 2 aliphatic heterocycles. The van der Waals surface area contributed by atoms with Crippen LogP contribution in [0.3, 0.4) is 0 Å². The number of hydrogen-bond donors (Lipinski definition) is 22. The minimum absolute atomic E-state index is 0.0533. The first-order valence-corrected chi connectivity index (χ1v) is 40.6. The number of nitriles is 1. The summed E-state index contributed by atoms with van der Waals surface area (Å²) in [5, 5.41) is 95.9. The van der Waals surface area contributed by atoms with E-state index in [2.05, 4.69) is 79.4 Å². The summed E-state index contributed by atoms with van der Waals surface area (Å²) in [5.74, 6) is -23.5. The molecule has 3 aromatic rings. The molecule has 5 rings (SSSR count). The van der Waals surface area contributed by atoms with Crippen LogP contribution in [0, 0.1) is 23.2 Å². The van der Waals surface area contributed by atoms with Crippen molar-refractivity contribution >= 4 is 152 Å². The summed E-state index contributed by atoms with van der Waals surface area (Å²) in [6.45, 7) is 8.81. The number of phenolic OH excluding ortho intramolecular Hbond substituents is 1. The van der Waals surface area contributed by atoms with Gasteiger partial charge in [0.25, 0.3) is 0 Å². The second kappa shape index (κ2) is 47.4. The average Bonchev–Trinajstić information content (AvgIpc) is 1.68. The molecule has 1 aromatic carbocycles. The van der Waals surface area contributed by atoms with E-state index in [1.54, 1.807) is 30.7 Å². The first-order chi connectivity index (χ1) is 56.5. The summed E-state index contributed by atoms with van der Waals surface area (Å²) < 4.78 is 0. The molecule has 4 bridgehead atoms. The van der Waals surface area contributed by atoms with Gasteiger partial charge in [0, 0.05) is 31.4 Å². The number of aliphatic hydroxyl groups excluding tert-OH is 1. The van der Waals surface area contributed by atoms with Gasteiger partial charge in [0.15, 0.2) is 0 Å². The van der Waals surface area contributed by atoms with Crippen LogP contribution in [-0.4, -0.2) is 253 Å². The van der Waals surface area contributed by atoms with Crippen LogP contribution < -0.4 is 91.6 Å². The van der Waals surface area contributed by atoms with Crippen molar-refractivity contribution in [1.29, 1.82) is 5.26 Å². The lowest BCUT2D eigenvalue weighted by atomic mass is 10.0. The van der Waals surface area contributed by atoms with Gasteiger partial charge in [0.2, 0.25) is 94.5 Å². The number of nitrogens with two attached hydrogens (primary N) is 3. The molecular formula is C74H101N19O24S3. The number of nitrogens with one attached hydrogen (secondary N) is 14. The van der Waals surface area contributed by atoms with Gasteiger partial charge in [-0.1, -0.05) is 39.8 Å². The topological polar surface area (TPSA) is 708 Å². The molecule has 120 heavy (non-hydrogen) atoms. The van der Waals surface area contributed by atoms with Crippen molar-refractivity contribution in [2.45, 2.75) is 216 Å². The van der Waals surface area contributed by atoms with Gasteiger partial charge in [0.05, 0.1) is 30.7 Å². The van der Waals surface area contributed by atoms with Crippen molar-refractivity contribution in [3.63, 3.8) is 0 Å². The molecule has 0 saturated carbocycles. The first kappa shape index (κ1) is 98.4. The molecule has 16 amide bonds. The van der Waals surface area contributed by atoms with E-state index in [9.17, 15) is 122 Å². The van der Waals surface area contributed by atoms with Crippen molar-refractivity contribution in [1.82, 2.24) is 74.4 Å². The number of benzene rings is 1. The van der Waals surface area contributed by atoms with Crippen LogP contribution >= 0.6 is 34.4 Å². The van der Waals surface area contributed by atoms with Gasteiger partial charge in [-0.05, 0) is 123 Å². The number of aliphatic carboxylic acids is 3. The zero-order valence-corrected chi connectivity index (χ0v) is 68.8. The fraction of sp³-hybridized carbons (Fsp3) is 0.527. The third-order valence-electron chi connectivity index (χ3n) is 18.3. The number of aromatic hydroxyl groups is 1. The van der Waals surface area contributed by atoms with Crippen molar-refractivity contribution in [3.05, 3.63) is 73.6 Å². The minimum Gasteiger partial charge on any atom is -0.508 e. The van der Waals surface area contributed by atoms with Crippen LogP contribution in [0.5, 0.6) is 5.75 Å². The zero-order chi connectivity index (χ0) is 89.5. The zero-order valence-electron chi connectivity index (χ0n) is 66.4. The van der Waals surface area contributed by atoms with Crippen molar-refractivity contribution in [3.8, 4) is 11.8 Å². The Balaban J connectivity index is 1.31. The number of phenols is 1. The molecule has 2 aliphatic rings. The molecule has 0 radical (unpaired) electrons. The third kappa shape index (κ3) is 31.9. The highest BCUT2D eigenvalue weighted by Crippen LogP contribution is 2.29. The van der Waals surface area contributed by atoms with E-state index < -0.39 is 254 Å². The maximum absolute atomic E-state index is 14.6. The Morgan fingerprint density at radius 3 is 1.66 bits per heavy atom. The molecule has 0 unspecified atom stereocenters. The van der Waals surface area contributed by atoms with Crippen LogP contribution in [0.2, 0.25) is 0 Å². The van der Waals surface area contributed by atoms with E-state index in [0.29, 0.717) is 31.5 Å². The number of thiophene rings is 2. The number of carboxylic acids is 3. The molecule has 0 spiro atoms. The molecule has 15 atom stereocenters. The van der Waals surface area contributed by atoms with Crippen molar-refractivity contribution in [2.24, 2.45) is 34.0 Å². The number of fused-ring (bicyclic) bond motifs is 4. The average molecular weight is 1740 g/mol. The predicted octanol–water partition coefficient (Wildman–Crippen LogP) is -5.86. The second-order valence-corrected chi connectivity index (χ2v) is 32.0. The number of hydrogen-bond acceptors (Lipinski definition) is 27. The summed E-state index contributed by atoms with van der Waals surface area (Å²) >= 11 is 3.36. The Labute approximate surface area is 699 Å². The number of aliphatic hydroxyl groups is 1. The number of aliphatic imine (C=N–C) groups is 1. The van der Waals surface area contributed by atoms with Crippen LogP contribution in [0.4, 0.5) is 0 Å². The standard InChI is InChI=1S/C74H101N19O24S3/c1-32(2)18-45(67(111)82-43(15-16-55(97)98)64(108)88-48(24-54(77)96)66(110)81-35(6)61(105)84-44(59(78)103)21-38-19-41(27-76)118-29-38)85-69(113)49(25-56(99)100)89-63(107)42(10-8-9-17-75)83-73(117)58(33(3)4)93-62(106)36(7)79-60(104)34(5)80-65(109)47-22-39-23-53(119-30-39)74-92-52(31-120-74)72(116)90-50(26-57(101)102)70(114)91-51(28-94)71(115)87-46(68(112)86-47)20-37-11-13-40(95)14-12-37/h11-14,19,23,29-30,32-36,42-52,58,94-95H,8-10,15-18,20-22,24-26,28,31,75H2,1-7H3,(H2,77,96)(H2,78,103)(H,79,104)(H,80,109)(H,81,110)(H,82,111)(H,83,117)(H,84,105)(H,85,113)(H,86,112)(H,87,115)(H,88,108)(H,89,107)(H,90,116)(H,91,114)(H,93,106)(H,97,98)(H,99,100)(H,101,102)/t34-,35-,36-,42-,43-,44-,45-,46-,47-,48-,49-,50-,51-,52-,58-/m0/s1. The number of carbonyl (C=O) groups is 19. The predicted molar refractivity (Wildman–Crippen MR) is 428 cm³/mol. The fourth-order valence-electron chi connectivity index (χ4n) is 11.8. The largest absolute Gasteiger partial charge is 0.508 e.